The minimum absolute atomic E-state index is 0.121. The molecule has 2 amide bonds. The Hall–Kier alpha value is -2.64. The molecule has 1 saturated carbocycles. The second-order valence-electron chi connectivity index (χ2n) is 7.31. The lowest BCUT2D eigenvalue weighted by molar-refractivity contribution is 0.0626. The maximum Gasteiger partial charge on any atom is 0.271 e. The summed E-state index contributed by atoms with van der Waals surface area (Å²) in [4.78, 5) is 26.2. The molecule has 0 spiro atoms. The van der Waals surface area contributed by atoms with Crippen LogP contribution in [-0.2, 0) is 13.6 Å². The van der Waals surface area contributed by atoms with Gasteiger partial charge in [0.1, 0.15) is 11.5 Å². The molecule has 1 atom stereocenters. The third-order valence-electron chi connectivity index (χ3n) is 5.70. The van der Waals surface area contributed by atoms with E-state index in [4.69, 9.17) is 5.73 Å². The molecule has 3 heterocycles. The van der Waals surface area contributed by atoms with Gasteiger partial charge in [0.25, 0.3) is 5.91 Å². The van der Waals surface area contributed by atoms with E-state index in [1.807, 2.05) is 6.92 Å². The number of nitrogens with two attached hydrogens (primary N) is 1. The van der Waals surface area contributed by atoms with Crippen LogP contribution in [0.5, 0.6) is 0 Å². The first-order chi connectivity index (χ1) is 12.5. The molecule has 1 unspecified atom stereocenters. The van der Waals surface area contributed by atoms with Crippen molar-refractivity contribution in [2.24, 2.45) is 12.8 Å². The topological polar surface area (TPSA) is 99.0 Å². The number of nitrogens with zero attached hydrogens (tertiary/aromatic N) is 5. The standard InChI is InChI=1S/C18H24N6O2/c1-11-16-20-21-17(12-5-3-4-6-12)24(16)8-7-23(11)18(26)14-9-13(15(19)25)10-22(14)2/h9-12H,3-8H2,1-2H3,(H2,19,25). The van der Waals surface area contributed by atoms with Crippen molar-refractivity contribution in [3.63, 3.8) is 0 Å². The van der Waals surface area contributed by atoms with Crippen LogP contribution in [0.1, 0.15) is 77.1 Å². The fraction of sp³-hybridized carbons (Fsp3) is 0.556. The summed E-state index contributed by atoms with van der Waals surface area (Å²) in [7, 11) is 1.75. The average Bonchev–Trinajstić information content (AvgIpc) is 3.33. The van der Waals surface area contributed by atoms with Crippen molar-refractivity contribution in [3.05, 3.63) is 35.2 Å². The second-order valence-corrected chi connectivity index (χ2v) is 7.31. The number of aromatic nitrogens is 4. The molecule has 0 radical (unpaired) electrons. The summed E-state index contributed by atoms with van der Waals surface area (Å²) >= 11 is 0. The molecule has 0 saturated heterocycles. The van der Waals surface area contributed by atoms with Crippen LogP contribution in [0.25, 0.3) is 0 Å². The zero-order chi connectivity index (χ0) is 18.4. The summed E-state index contributed by atoms with van der Waals surface area (Å²) < 4.78 is 3.85. The first-order valence-electron chi connectivity index (χ1n) is 9.17. The molecule has 2 N–H and O–H groups in total. The number of hydrogen-bond donors (Lipinski definition) is 1. The highest BCUT2D eigenvalue weighted by molar-refractivity contribution is 5.98. The van der Waals surface area contributed by atoms with Gasteiger partial charge in [0.2, 0.25) is 5.91 Å². The Labute approximate surface area is 152 Å². The highest BCUT2D eigenvalue weighted by Gasteiger charge is 2.34. The number of amides is 2. The molecule has 0 aromatic carbocycles. The fourth-order valence-corrected chi connectivity index (χ4v) is 4.23. The number of hydrogen-bond acceptors (Lipinski definition) is 4. The molecule has 2 aromatic heterocycles. The van der Waals surface area contributed by atoms with E-state index >= 15 is 0 Å². The van der Waals surface area contributed by atoms with Crippen LogP contribution < -0.4 is 5.73 Å². The summed E-state index contributed by atoms with van der Waals surface area (Å²) in [6.07, 6.45) is 6.44. The molecule has 138 valence electrons. The Kier molecular flexibility index (Phi) is 4.05. The van der Waals surface area contributed by atoms with Gasteiger partial charge in [-0.25, -0.2) is 0 Å². The summed E-state index contributed by atoms with van der Waals surface area (Å²) in [6.45, 7) is 3.28. The van der Waals surface area contributed by atoms with Crippen LogP contribution in [0.4, 0.5) is 0 Å². The minimum atomic E-state index is -0.535. The quantitative estimate of drug-likeness (QED) is 0.903. The Bertz CT molecular complexity index is 861. The van der Waals surface area contributed by atoms with E-state index < -0.39 is 5.91 Å². The summed E-state index contributed by atoms with van der Waals surface area (Å²) in [5, 5.41) is 8.85. The van der Waals surface area contributed by atoms with Crippen LogP contribution in [0.2, 0.25) is 0 Å². The number of primary amides is 1. The van der Waals surface area contributed by atoms with Crippen LogP contribution >= 0.6 is 0 Å². The first-order valence-corrected chi connectivity index (χ1v) is 9.17. The molecule has 1 fully saturated rings. The van der Waals surface area contributed by atoms with Crippen LogP contribution in [0.15, 0.2) is 12.3 Å². The number of rotatable bonds is 3. The van der Waals surface area contributed by atoms with E-state index in [-0.39, 0.29) is 11.9 Å². The van der Waals surface area contributed by atoms with Crippen molar-refractivity contribution in [2.45, 2.75) is 51.1 Å². The van der Waals surface area contributed by atoms with Gasteiger partial charge in [0.05, 0.1) is 11.6 Å². The normalized spacial score (nSPS) is 20.4. The van der Waals surface area contributed by atoms with E-state index in [2.05, 4.69) is 14.8 Å². The maximum atomic E-state index is 13.0. The number of aryl methyl sites for hydroxylation is 1. The fourth-order valence-electron chi connectivity index (χ4n) is 4.23. The lowest BCUT2D eigenvalue weighted by atomic mass is 10.1. The minimum Gasteiger partial charge on any atom is -0.366 e. The van der Waals surface area contributed by atoms with E-state index in [1.165, 1.54) is 25.7 Å². The number of carbonyl (C=O) groups excluding carboxylic acids is 2. The summed E-state index contributed by atoms with van der Waals surface area (Å²) in [5.41, 5.74) is 6.12. The smallest absolute Gasteiger partial charge is 0.271 e. The van der Waals surface area contributed by atoms with Crippen LogP contribution in [0.3, 0.4) is 0 Å². The molecular weight excluding hydrogens is 332 g/mol. The third kappa shape index (κ3) is 2.60. The number of carbonyl (C=O) groups is 2. The van der Waals surface area contributed by atoms with Crippen LogP contribution in [-0.4, -0.2) is 42.6 Å². The monoisotopic (exact) mass is 356 g/mol. The third-order valence-corrected chi connectivity index (χ3v) is 5.70. The van der Waals surface area contributed by atoms with Gasteiger partial charge in [-0.05, 0) is 25.8 Å². The lowest BCUT2D eigenvalue weighted by Gasteiger charge is -2.34. The molecule has 1 aliphatic heterocycles. The predicted molar refractivity (Wildman–Crippen MR) is 94.6 cm³/mol. The van der Waals surface area contributed by atoms with Gasteiger partial charge in [-0.15, -0.1) is 10.2 Å². The zero-order valence-electron chi connectivity index (χ0n) is 15.2. The summed E-state index contributed by atoms with van der Waals surface area (Å²) in [6, 6.07) is 1.39. The summed E-state index contributed by atoms with van der Waals surface area (Å²) in [5.74, 6) is 1.76. The van der Waals surface area contributed by atoms with E-state index in [0.717, 1.165) is 11.6 Å². The molecule has 26 heavy (non-hydrogen) atoms. The van der Waals surface area contributed by atoms with Crippen molar-refractivity contribution < 1.29 is 9.59 Å². The first kappa shape index (κ1) is 16.8. The molecule has 0 bridgehead atoms. The largest absolute Gasteiger partial charge is 0.366 e. The molecule has 8 heteroatoms. The van der Waals surface area contributed by atoms with E-state index in [1.54, 1.807) is 28.8 Å². The van der Waals surface area contributed by atoms with Gasteiger partial charge in [-0.2, -0.15) is 0 Å². The van der Waals surface area contributed by atoms with E-state index in [9.17, 15) is 9.59 Å². The Morgan fingerprint density at radius 1 is 1.15 bits per heavy atom. The predicted octanol–water partition coefficient (Wildman–Crippen LogP) is 1.59. The molecule has 2 aliphatic rings. The number of fused-ring (bicyclic) bond motifs is 1. The van der Waals surface area contributed by atoms with Gasteiger partial charge < -0.3 is 19.8 Å². The Morgan fingerprint density at radius 2 is 1.85 bits per heavy atom. The van der Waals surface area contributed by atoms with E-state index in [0.29, 0.717) is 30.3 Å². The molecule has 4 rings (SSSR count). The molecule has 2 aromatic rings. The van der Waals surface area contributed by atoms with Gasteiger partial charge in [-0.3, -0.25) is 9.59 Å². The second kappa shape index (κ2) is 6.26. The van der Waals surface area contributed by atoms with Crippen molar-refractivity contribution in [2.75, 3.05) is 6.54 Å². The van der Waals surface area contributed by atoms with Gasteiger partial charge in [0.15, 0.2) is 5.82 Å². The van der Waals surface area contributed by atoms with Crippen molar-refractivity contribution in [3.8, 4) is 0 Å². The van der Waals surface area contributed by atoms with Crippen molar-refractivity contribution in [1.29, 1.82) is 0 Å². The zero-order valence-corrected chi connectivity index (χ0v) is 15.2. The highest BCUT2D eigenvalue weighted by Crippen LogP contribution is 2.35. The Morgan fingerprint density at radius 3 is 2.50 bits per heavy atom. The maximum absolute atomic E-state index is 13.0. The SMILES string of the molecule is CC1c2nnc(C3CCCC3)n2CCN1C(=O)c1cc(C(N)=O)cn1C. The van der Waals surface area contributed by atoms with Gasteiger partial charge >= 0.3 is 0 Å². The lowest BCUT2D eigenvalue weighted by Crippen LogP contribution is -2.42. The molecule has 8 nitrogen and oxygen atoms in total. The molecule has 1 aliphatic carbocycles. The van der Waals surface area contributed by atoms with Crippen LogP contribution in [0, 0.1) is 0 Å². The average molecular weight is 356 g/mol. The Balaban J connectivity index is 1.60. The van der Waals surface area contributed by atoms with Gasteiger partial charge in [0, 0.05) is 32.3 Å². The highest BCUT2D eigenvalue weighted by atomic mass is 16.2. The van der Waals surface area contributed by atoms with Crippen molar-refractivity contribution in [1.82, 2.24) is 24.2 Å². The van der Waals surface area contributed by atoms with Crippen molar-refractivity contribution >= 4 is 11.8 Å². The van der Waals surface area contributed by atoms with Gasteiger partial charge in [-0.1, -0.05) is 12.8 Å². The molecular formula is C18H24N6O2.